The van der Waals surface area contributed by atoms with Gasteiger partial charge in [-0.3, -0.25) is 0 Å². The Morgan fingerprint density at radius 3 is 2.50 bits per heavy atom. The van der Waals surface area contributed by atoms with Gasteiger partial charge < -0.3 is 10.4 Å². The van der Waals surface area contributed by atoms with E-state index in [0.29, 0.717) is 6.04 Å². The van der Waals surface area contributed by atoms with E-state index in [1.165, 1.54) is 12.8 Å². The topological polar surface area (TPSA) is 66.4 Å². The van der Waals surface area contributed by atoms with E-state index in [4.69, 9.17) is 0 Å². The van der Waals surface area contributed by atoms with Crippen molar-refractivity contribution in [1.29, 1.82) is 0 Å². The molecular weight excluding hydrogens is 226 g/mol. The number of hydrogen-bond donors (Lipinski definition) is 2. The van der Waals surface area contributed by atoms with Gasteiger partial charge >= 0.3 is 0 Å². The predicted octanol–water partition coefficient (Wildman–Crippen LogP) is 0.313. The van der Waals surface area contributed by atoms with Crippen LogP contribution in [0.2, 0.25) is 0 Å². The van der Waals surface area contributed by atoms with Crippen molar-refractivity contribution in [3.63, 3.8) is 0 Å². The molecule has 1 heterocycles. The maximum absolute atomic E-state index is 11.4. The molecule has 0 aromatic heterocycles. The molecule has 0 aromatic rings. The largest absolute Gasteiger partial charge is 0.390 e. The first kappa shape index (κ1) is 12.3. The van der Waals surface area contributed by atoms with Crippen LogP contribution < -0.4 is 5.32 Å². The van der Waals surface area contributed by atoms with E-state index in [-0.39, 0.29) is 17.5 Å². The number of aliphatic hydroxyl groups is 1. The average molecular weight is 247 g/mol. The molecule has 1 saturated heterocycles. The average Bonchev–Trinajstić information content (AvgIpc) is 2.93. The molecule has 4 nitrogen and oxygen atoms in total. The van der Waals surface area contributed by atoms with Gasteiger partial charge in [-0.25, -0.2) is 8.42 Å². The maximum atomic E-state index is 11.4. The molecule has 5 heteroatoms. The fourth-order valence-corrected chi connectivity index (χ4v) is 4.15. The van der Waals surface area contributed by atoms with Gasteiger partial charge in [0.25, 0.3) is 0 Å². The molecule has 2 fully saturated rings. The summed E-state index contributed by atoms with van der Waals surface area (Å²) >= 11 is 0. The molecule has 0 spiro atoms. The lowest BCUT2D eigenvalue weighted by Gasteiger charge is -2.23. The first-order chi connectivity index (χ1) is 7.50. The van der Waals surface area contributed by atoms with Crippen LogP contribution in [0.5, 0.6) is 0 Å². The van der Waals surface area contributed by atoms with Gasteiger partial charge in [-0.2, -0.15) is 0 Å². The summed E-state index contributed by atoms with van der Waals surface area (Å²) in [5, 5.41) is 13.0. The highest BCUT2D eigenvalue weighted by Gasteiger charge is 2.37. The molecule has 1 saturated carbocycles. The third kappa shape index (κ3) is 3.18. The van der Waals surface area contributed by atoms with Gasteiger partial charge in [0.05, 0.1) is 17.6 Å². The van der Waals surface area contributed by atoms with Gasteiger partial charge in [0.2, 0.25) is 0 Å². The van der Waals surface area contributed by atoms with Crippen LogP contribution in [-0.2, 0) is 9.84 Å². The molecule has 0 amide bonds. The van der Waals surface area contributed by atoms with Crippen molar-refractivity contribution >= 4 is 9.84 Å². The van der Waals surface area contributed by atoms with Crippen molar-refractivity contribution in [3.8, 4) is 0 Å². The second-order valence-electron chi connectivity index (χ2n) is 5.20. The first-order valence-corrected chi connectivity index (χ1v) is 7.97. The predicted molar refractivity (Wildman–Crippen MR) is 63.0 cm³/mol. The Morgan fingerprint density at radius 2 is 2.06 bits per heavy atom. The molecule has 3 atom stereocenters. The minimum absolute atomic E-state index is 0.0788. The van der Waals surface area contributed by atoms with Crippen LogP contribution in [0.1, 0.15) is 32.6 Å². The number of rotatable bonds is 5. The van der Waals surface area contributed by atoms with Crippen LogP contribution in [0.3, 0.4) is 0 Å². The van der Waals surface area contributed by atoms with Crippen molar-refractivity contribution in [2.75, 3.05) is 11.5 Å². The van der Waals surface area contributed by atoms with E-state index < -0.39 is 15.9 Å². The van der Waals surface area contributed by atoms with Crippen molar-refractivity contribution in [1.82, 2.24) is 5.32 Å². The fourth-order valence-electron chi connectivity index (χ4n) is 2.40. The van der Waals surface area contributed by atoms with E-state index in [2.05, 4.69) is 12.2 Å². The summed E-state index contributed by atoms with van der Waals surface area (Å²) in [6.07, 6.45) is 4.02. The number of aliphatic hydroxyl groups excluding tert-OH is 1. The van der Waals surface area contributed by atoms with Crippen molar-refractivity contribution in [2.45, 2.75) is 50.8 Å². The monoisotopic (exact) mass is 247 g/mol. The number of hydrogen-bond acceptors (Lipinski definition) is 4. The Balaban J connectivity index is 1.87. The Morgan fingerprint density at radius 1 is 1.38 bits per heavy atom. The minimum atomic E-state index is -3.02. The third-order valence-corrected chi connectivity index (χ3v) is 5.30. The zero-order valence-electron chi connectivity index (χ0n) is 9.72. The van der Waals surface area contributed by atoms with Gasteiger partial charge in [-0.05, 0) is 18.8 Å². The SMILES string of the molecule is CCC(CC1CC1)NC1CS(=O)(=O)CC1O. The second-order valence-corrected chi connectivity index (χ2v) is 7.36. The first-order valence-electron chi connectivity index (χ1n) is 6.14. The smallest absolute Gasteiger partial charge is 0.154 e. The summed E-state index contributed by atoms with van der Waals surface area (Å²) in [6, 6.07) is 0.106. The second kappa shape index (κ2) is 4.63. The van der Waals surface area contributed by atoms with E-state index >= 15 is 0 Å². The van der Waals surface area contributed by atoms with Crippen molar-refractivity contribution < 1.29 is 13.5 Å². The summed E-state index contributed by atoms with van der Waals surface area (Å²) < 4.78 is 22.7. The zero-order chi connectivity index (χ0) is 11.8. The molecule has 16 heavy (non-hydrogen) atoms. The van der Waals surface area contributed by atoms with Gasteiger partial charge in [-0.1, -0.05) is 19.8 Å². The molecule has 0 bridgehead atoms. The van der Waals surface area contributed by atoms with Gasteiger partial charge in [0.1, 0.15) is 0 Å². The normalized spacial score (nSPS) is 35.1. The lowest BCUT2D eigenvalue weighted by molar-refractivity contribution is 0.156. The molecular formula is C11H21NO3S. The molecule has 1 aliphatic carbocycles. The highest BCUT2D eigenvalue weighted by molar-refractivity contribution is 7.91. The fraction of sp³-hybridized carbons (Fsp3) is 1.00. The lowest BCUT2D eigenvalue weighted by atomic mass is 10.1. The third-order valence-electron chi connectivity index (χ3n) is 3.58. The molecule has 2 N–H and O–H groups in total. The van der Waals surface area contributed by atoms with Gasteiger partial charge in [-0.15, -0.1) is 0 Å². The van der Waals surface area contributed by atoms with Gasteiger partial charge in [0, 0.05) is 12.1 Å². The highest BCUT2D eigenvalue weighted by Crippen LogP contribution is 2.34. The lowest BCUT2D eigenvalue weighted by Crippen LogP contribution is -2.45. The summed E-state index contributed by atoms with van der Waals surface area (Å²) in [6.45, 7) is 2.11. The highest BCUT2D eigenvalue weighted by atomic mass is 32.2. The molecule has 2 rings (SSSR count). The summed E-state index contributed by atoms with van der Waals surface area (Å²) in [4.78, 5) is 0. The molecule has 2 aliphatic rings. The van der Waals surface area contributed by atoms with Crippen LogP contribution in [0.25, 0.3) is 0 Å². The van der Waals surface area contributed by atoms with Crippen LogP contribution in [0.4, 0.5) is 0 Å². The molecule has 1 aliphatic heterocycles. The van der Waals surface area contributed by atoms with E-state index in [9.17, 15) is 13.5 Å². The van der Waals surface area contributed by atoms with E-state index in [1.54, 1.807) is 0 Å². The molecule has 0 aromatic carbocycles. The Kier molecular flexibility index (Phi) is 3.56. The Labute approximate surface area is 97.3 Å². The Bertz CT molecular complexity index is 337. The number of sulfone groups is 1. The van der Waals surface area contributed by atoms with E-state index in [1.807, 2.05) is 0 Å². The number of nitrogens with one attached hydrogen (secondary N) is 1. The molecule has 3 unspecified atom stereocenters. The van der Waals surface area contributed by atoms with Crippen LogP contribution in [0.15, 0.2) is 0 Å². The van der Waals surface area contributed by atoms with Crippen LogP contribution >= 0.6 is 0 Å². The van der Waals surface area contributed by atoms with Crippen LogP contribution in [-0.4, -0.2) is 43.2 Å². The maximum Gasteiger partial charge on any atom is 0.154 e. The van der Waals surface area contributed by atoms with Crippen molar-refractivity contribution in [3.05, 3.63) is 0 Å². The zero-order valence-corrected chi connectivity index (χ0v) is 10.5. The summed E-state index contributed by atoms with van der Waals surface area (Å²) in [5.74, 6) is 0.840. The molecule has 94 valence electrons. The Hall–Kier alpha value is -0.130. The standard InChI is InChI=1S/C11H21NO3S/c1-2-9(5-8-3-4-8)12-10-6-16(14,15)7-11(10)13/h8-13H,2-7H2,1H3. The summed E-state index contributed by atoms with van der Waals surface area (Å²) in [7, 11) is -3.02. The molecule has 0 radical (unpaired) electrons. The van der Waals surface area contributed by atoms with Crippen molar-refractivity contribution in [2.24, 2.45) is 5.92 Å². The van der Waals surface area contributed by atoms with Gasteiger partial charge in [0.15, 0.2) is 9.84 Å². The minimum Gasteiger partial charge on any atom is -0.390 e. The van der Waals surface area contributed by atoms with E-state index in [0.717, 1.165) is 18.8 Å². The quantitative estimate of drug-likeness (QED) is 0.734. The van der Waals surface area contributed by atoms with Crippen LogP contribution in [0, 0.1) is 5.92 Å². The summed E-state index contributed by atoms with van der Waals surface area (Å²) in [5.41, 5.74) is 0.